The summed E-state index contributed by atoms with van der Waals surface area (Å²) in [7, 11) is 0. The second-order valence-electron chi connectivity index (χ2n) is 3.96. The highest BCUT2D eigenvalue weighted by Crippen LogP contribution is 2.15. The van der Waals surface area contributed by atoms with E-state index < -0.39 is 0 Å². The van der Waals surface area contributed by atoms with Gasteiger partial charge in [-0.05, 0) is 30.3 Å². The van der Waals surface area contributed by atoms with E-state index in [0.29, 0.717) is 5.69 Å². The molecular weight excluding hydrogens is 310 g/mol. The van der Waals surface area contributed by atoms with Crippen LogP contribution in [0.25, 0.3) is 0 Å². The first kappa shape index (κ1) is 13.4. The summed E-state index contributed by atoms with van der Waals surface area (Å²) in [4.78, 5) is 23.5. The second-order valence-corrected chi connectivity index (χ2v) is 4.87. The lowest BCUT2D eigenvalue weighted by Crippen LogP contribution is -2.28. The summed E-state index contributed by atoms with van der Waals surface area (Å²) in [5.41, 5.74) is 5.92. The number of rotatable bonds is 3. The summed E-state index contributed by atoms with van der Waals surface area (Å²) >= 11 is 3.32. The number of nitrogens with two attached hydrogens (primary N) is 1. The molecule has 0 spiro atoms. The lowest BCUT2D eigenvalue weighted by Gasteiger charge is -2.08. The van der Waals surface area contributed by atoms with E-state index in [-0.39, 0.29) is 23.7 Å². The number of nitrogens with zero attached hydrogens (tertiary/aromatic N) is 1. The maximum absolute atomic E-state index is 11.8. The standard InChI is InChI=1S/C13H12BrN3O2/c14-9-3-1-4-10(7-9)16-12(18)8-17-6-2-5-11(15)13(17)19/h1-7H,8,15H2,(H,16,18). The Kier molecular flexibility index (Phi) is 4.01. The number of halogens is 1. The minimum atomic E-state index is -0.369. The van der Waals surface area contributed by atoms with Crippen LogP contribution in [0.3, 0.4) is 0 Å². The van der Waals surface area contributed by atoms with Gasteiger partial charge in [0.2, 0.25) is 5.91 Å². The Hall–Kier alpha value is -2.08. The number of aromatic nitrogens is 1. The molecule has 3 N–H and O–H groups in total. The Morgan fingerprint density at radius 2 is 2.11 bits per heavy atom. The molecule has 0 saturated heterocycles. The quantitative estimate of drug-likeness (QED) is 0.905. The number of amides is 1. The number of anilines is 2. The topological polar surface area (TPSA) is 77.1 Å². The smallest absolute Gasteiger partial charge is 0.274 e. The zero-order chi connectivity index (χ0) is 13.8. The van der Waals surface area contributed by atoms with Crippen LogP contribution in [0.2, 0.25) is 0 Å². The SMILES string of the molecule is Nc1cccn(CC(=O)Nc2cccc(Br)c2)c1=O. The molecule has 2 rings (SSSR count). The molecule has 1 aromatic heterocycles. The molecule has 0 unspecified atom stereocenters. The van der Waals surface area contributed by atoms with Gasteiger partial charge in [0.05, 0.1) is 5.69 Å². The van der Waals surface area contributed by atoms with Gasteiger partial charge < -0.3 is 15.6 Å². The molecular formula is C13H12BrN3O2. The average Bonchev–Trinajstić information content (AvgIpc) is 2.35. The zero-order valence-electron chi connectivity index (χ0n) is 9.97. The third-order valence-corrected chi connectivity index (χ3v) is 2.97. The third kappa shape index (κ3) is 3.45. The molecule has 98 valence electrons. The highest BCUT2D eigenvalue weighted by atomic mass is 79.9. The molecule has 0 saturated carbocycles. The first-order valence-corrected chi connectivity index (χ1v) is 6.36. The fraction of sp³-hybridized carbons (Fsp3) is 0.0769. The van der Waals surface area contributed by atoms with Gasteiger partial charge in [-0.1, -0.05) is 22.0 Å². The summed E-state index contributed by atoms with van der Waals surface area (Å²) in [6.45, 7) is -0.0730. The lowest BCUT2D eigenvalue weighted by molar-refractivity contribution is -0.116. The monoisotopic (exact) mass is 321 g/mol. The fourth-order valence-corrected chi connectivity index (χ4v) is 2.00. The first-order chi connectivity index (χ1) is 9.06. The van der Waals surface area contributed by atoms with Crippen LogP contribution in [0.4, 0.5) is 11.4 Å². The Morgan fingerprint density at radius 3 is 2.84 bits per heavy atom. The molecule has 0 aliphatic rings. The Labute approximate surface area is 118 Å². The zero-order valence-corrected chi connectivity index (χ0v) is 11.6. The average molecular weight is 322 g/mol. The molecule has 0 bridgehead atoms. The van der Waals surface area contributed by atoms with Gasteiger partial charge in [-0.3, -0.25) is 9.59 Å². The summed E-state index contributed by atoms with van der Waals surface area (Å²) in [6, 6.07) is 10.4. The van der Waals surface area contributed by atoms with Gasteiger partial charge in [-0.15, -0.1) is 0 Å². The number of nitrogen functional groups attached to an aromatic ring is 1. The Balaban J connectivity index is 2.10. The van der Waals surface area contributed by atoms with Crippen molar-refractivity contribution in [3.63, 3.8) is 0 Å². The van der Waals surface area contributed by atoms with E-state index in [1.165, 1.54) is 16.8 Å². The van der Waals surface area contributed by atoms with Gasteiger partial charge in [0.1, 0.15) is 6.54 Å². The van der Waals surface area contributed by atoms with Crippen LogP contribution in [0.5, 0.6) is 0 Å². The van der Waals surface area contributed by atoms with E-state index in [1.807, 2.05) is 12.1 Å². The molecule has 0 radical (unpaired) electrons. The van der Waals surface area contributed by atoms with Gasteiger partial charge in [-0.25, -0.2) is 0 Å². The van der Waals surface area contributed by atoms with Crippen LogP contribution in [-0.4, -0.2) is 10.5 Å². The van der Waals surface area contributed by atoms with Crippen LogP contribution in [0, 0.1) is 0 Å². The van der Waals surface area contributed by atoms with Crippen molar-refractivity contribution >= 4 is 33.2 Å². The highest BCUT2D eigenvalue weighted by molar-refractivity contribution is 9.10. The molecule has 5 nitrogen and oxygen atoms in total. The van der Waals surface area contributed by atoms with Crippen molar-refractivity contribution < 1.29 is 4.79 Å². The predicted octanol–water partition coefficient (Wildman–Crippen LogP) is 1.83. The number of carbonyl (C=O) groups excluding carboxylic acids is 1. The third-order valence-electron chi connectivity index (χ3n) is 2.47. The van der Waals surface area contributed by atoms with Gasteiger partial charge in [0.25, 0.3) is 5.56 Å². The number of pyridine rings is 1. The predicted molar refractivity (Wildman–Crippen MR) is 77.9 cm³/mol. The second kappa shape index (κ2) is 5.71. The molecule has 1 aromatic carbocycles. The van der Waals surface area contributed by atoms with Gasteiger partial charge in [-0.2, -0.15) is 0 Å². The van der Waals surface area contributed by atoms with E-state index in [2.05, 4.69) is 21.2 Å². The van der Waals surface area contributed by atoms with Crippen molar-refractivity contribution in [1.29, 1.82) is 0 Å². The summed E-state index contributed by atoms with van der Waals surface area (Å²) in [6.07, 6.45) is 1.53. The van der Waals surface area contributed by atoms with Crippen molar-refractivity contribution in [2.24, 2.45) is 0 Å². The molecule has 19 heavy (non-hydrogen) atoms. The molecule has 0 aliphatic heterocycles. The largest absolute Gasteiger partial charge is 0.394 e. The Bertz CT molecular complexity index is 667. The first-order valence-electron chi connectivity index (χ1n) is 5.56. The lowest BCUT2D eigenvalue weighted by atomic mass is 10.3. The van der Waals surface area contributed by atoms with Gasteiger partial charge in [0.15, 0.2) is 0 Å². The van der Waals surface area contributed by atoms with Crippen molar-refractivity contribution in [2.45, 2.75) is 6.54 Å². The van der Waals surface area contributed by atoms with Crippen LogP contribution < -0.4 is 16.6 Å². The molecule has 1 amide bonds. The summed E-state index contributed by atoms with van der Waals surface area (Å²) in [5, 5.41) is 2.71. The molecule has 6 heteroatoms. The van der Waals surface area contributed by atoms with Crippen molar-refractivity contribution in [3.8, 4) is 0 Å². The van der Waals surface area contributed by atoms with E-state index in [9.17, 15) is 9.59 Å². The minimum Gasteiger partial charge on any atom is -0.394 e. The highest BCUT2D eigenvalue weighted by Gasteiger charge is 2.06. The maximum Gasteiger partial charge on any atom is 0.274 e. The van der Waals surface area contributed by atoms with E-state index in [1.54, 1.807) is 18.2 Å². The molecule has 0 atom stereocenters. The Morgan fingerprint density at radius 1 is 1.32 bits per heavy atom. The van der Waals surface area contributed by atoms with E-state index in [0.717, 1.165) is 4.47 Å². The number of hydrogen-bond donors (Lipinski definition) is 2. The molecule has 2 aromatic rings. The van der Waals surface area contributed by atoms with Gasteiger partial charge in [0, 0.05) is 16.4 Å². The van der Waals surface area contributed by atoms with Crippen LogP contribution in [0.15, 0.2) is 51.9 Å². The minimum absolute atomic E-state index is 0.0730. The number of carbonyl (C=O) groups is 1. The summed E-state index contributed by atoms with van der Waals surface area (Å²) in [5.74, 6) is -0.286. The normalized spacial score (nSPS) is 10.2. The van der Waals surface area contributed by atoms with Crippen LogP contribution in [-0.2, 0) is 11.3 Å². The van der Waals surface area contributed by atoms with Crippen molar-refractivity contribution in [3.05, 3.63) is 57.4 Å². The number of benzene rings is 1. The van der Waals surface area contributed by atoms with Crippen molar-refractivity contribution in [1.82, 2.24) is 4.57 Å². The maximum atomic E-state index is 11.8. The fourth-order valence-electron chi connectivity index (χ4n) is 1.60. The van der Waals surface area contributed by atoms with Gasteiger partial charge >= 0.3 is 0 Å². The molecule has 0 fully saturated rings. The van der Waals surface area contributed by atoms with Crippen LogP contribution >= 0.6 is 15.9 Å². The molecule has 0 aliphatic carbocycles. The number of nitrogens with one attached hydrogen (secondary N) is 1. The van der Waals surface area contributed by atoms with Crippen molar-refractivity contribution in [2.75, 3.05) is 11.1 Å². The molecule has 1 heterocycles. The number of hydrogen-bond acceptors (Lipinski definition) is 3. The summed E-state index contributed by atoms with van der Waals surface area (Å²) < 4.78 is 2.13. The van der Waals surface area contributed by atoms with E-state index >= 15 is 0 Å². The van der Waals surface area contributed by atoms with Crippen LogP contribution in [0.1, 0.15) is 0 Å². The van der Waals surface area contributed by atoms with E-state index in [4.69, 9.17) is 5.73 Å².